The minimum absolute atomic E-state index is 0.0239. The number of hydrogen-bond donors (Lipinski definition) is 0. The van der Waals surface area contributed by atoms with E-state index in [4.69, 9.17) is 4.74 Å². The van der Waals surface area contributed by atoms with Crippen molar-refractivity contribution in [2.75, 3.05) is 6.61 Å². The number of nitro benzene ring substituents is 1. The molecule has 0 aliphatic carbocycles. The first kappa shape index (κ1) is 18.5. The Bertz CT molecular complexity index is 904. The van der Waals surface area contributed by atoms with E-state index in [0.29, 0.717) is 0 Å². The number of non-ortho nitro benzene ring substituents is 1. The lowest BCUT2D eigenvalue weighted by Crippen LogP contribution is -2.12. The summed E-state index contributed by atoms with van der Waals surface area (Å²) in [5, 5.41) is 32.8. The van der Waals surface area contributed by atoms with Crippen LogP contribution in [0.5, 0.6) is 0 Å². The minimum atomic E-state index is -0.837. The van der Waals surface area contributed by atoms with Gasteiger partial charge in [-0.1, -0.05) is 0 Å². The van der Waals surface area contributed by atoms with E-state index in [0.717, 1.165) is 29.0 Å². The van der Waals surface area contributed by atoms with E-state index in [9.17, 15) is 35.1 Å². The number of esters is 1. The Kier molecular flexibility index (Phi) is 5.25. The second-order valence-corrected chi connectivity index (χ2v) is 5.02. The molecule has 136 valence electrons. The number of aromatic nitrogens is 1. The zero-order chi connectivity index (χ0) is 19.4. The van der Waals surface area contributed by atoms with Crippen molar-refractivity contribution in [2.45, 2.75) is 13.5 Å². The summed E-state index contributed by atoms with van der Waals surface area (Å²) in [6, 6.07) is 4.16. The van der Waals surface area contributed by atoms with E-state index >= 15 is 0 Å². The highest BCUT2D eigenvalue weighted by molar-refractivity contribution is 5.92. The fourth-order valence-electron chi connectivity index (χ4n) is 2.26. The topological polar surface area (TPSA) is 161 Å². The molecule has 0 fully saturated rings. The molecular formula is C14H12N4O8. The Morgan fingerprint density at radius 1 is 1.04 bits per heavy atom. The van der Waals surface area contributed by atoms with Gasteiger partial charge in [-0.2, -0.15) is 0 Å². The molecule has 0 atom stereocenters. The molecule has 12 nitrogen and oxygen atoms in total. The average molecular weight is 364 g/mol. The highest BCUT2D eigenvalue weighted by Crippen LogP contribution is 2.26. The Labute approximate surface area is 145 Å². The van der Waals surface area contributed by atoms with Crippen LogP contribution >= 0.6 is 0 Å². The predicted octanol–water partition coefficient (Wildman–Crippen LogP) is 2.44. The second-order valence-electron chi connectivity index (χ2n) is 5.02. The van der Waals surface area contributed by atoms with Gasteiger partial charge in [0, 0.05) is 17.7 Å². The van der Waals surface area contributed by atoms with Crippen LogP contribution in [0.25, 0.3) is 0 Å². The number of nitrogens with zero attached hydrogens (tertiary/aromatic N) is 4. The van der Waals surface area contributed by atoms with Crippen LogP contribution in [0.15, 0.2) is 30.5 Å². The Balaban J connectivity index is 2.52. The van der Waals surface area contributed by atoms with E-state index in [2.05, 4.69) is 0 Å². The van der Waals surface area contributed by atoms with Crippen molar-refractivity contribution in [1.29, 1.82) is 0 Å². The molecule has 0 radical (unpaired) electrons. The van der Waals surface area contributed by atoms with Gasteiger partial charge < -0.3 is 14.9 Å². The van der Waals surface area contributed by atoms with E-state index in [1.807, 2.05) is 0 Å². The highest BCUT2D eigenvalue weighted by Gasteiger charge is 2.25. The van der Waals surface area contributed by atoms with Crippen LogP contribution in [-0.4, -0.2) is 31.9 Å². The summed E-state index contributed by atoms with van der Waals surface area (Å²) in [5.74, 6) is -1.39. The molecule has 0 aliphatic heterocycles. The maximum Gasteiger partial charge on any atom is 0.338 e. The van der Waals surface area contributed by atoms with Crippen LogP contribution in [-0.2, 0) is 11.3 Å². The van der Waals surface area contributed by atoms with Gasteiger partial charge in [0.1, 0.15) is 12.6 Å². The highest BCUT2D eigenvalue weighted by atomic mass is 16.6. The third-order valence-electron chi connectivity index (χ3n) is 3.40. The maximum atomic E-state index is 12.1. The third-order valence-corrected chi connectivity index (χ3v) is 3.40. The quantitative estimate of drug-likeness (QED) is 0.411. The predicted molar refractivity (Wildman–Crippen MR) is 85.9 cm³/mol. The number of carbonyl (C=O) groups excluding carboxylic acids is 1. The fraction of sp³-hybridized carbons (Fsp3) is 0.214. The summed E-state index contributed by atoms with van der Waals surface area (Å²) in [4.78, 5) is 42.6. The minimum Gasteiger partial charge on any atom is -0.462 e. The molecule has 2 aromatic rings. The third kappa shape index (κ3) is 3.80. The van der Waals surface area contributed by atoms with Gasteiger partial charge in [0.15, 0.2) is 6.20 Å². The molecule has 0 amide bonds. The van der Waals surface area contributed by atoms with Crippen LogP contribution in [0.4, 0.5) is 17.2 Å². The SMILES string of the molecule is CCOC(=O)c1cc([N+](=O)[O-])ccc1Cn1cc([N+](=O)[O-])cc1[N+](=O)[O-]. The molecule has 2 rings (SSSR count). The molecule has 0 saturated heterocycles. The first-order chi connectivity index (χ1) is 12.2. The smallest absolute Gasteiger partial charge is 0.338 e. The Hall–Kier alpha value is -3.83. The Morgan fingerprint density at radius 3 is 2.23 bits per heavy atom. The van der Waals surface area contributed by atoms with Crippen LogP contribution in [0.2, 0.25) is 0 Å². The first-order valence-electron chi connectivity index (χ1n) is 7.18. The van der Waals surface area contributed by atoms with Crippen LogP contribution < -0.4 is 0 Å². The average Bonchev–Trinajstić information content (AvgIpc) is 2.99. The van der Waals surface area contributed by atoms with Gasteiger partial charge in [-0.25, -0.2) is 9.36 Å². The van der Waals surface area contributed by atoms with Crippen LogP contribution in [0.3, 0.4) is 0 Å². The molecule has 1 heterocycles. The van der Waals surface area contributed by atoms with Crippen LogP contribution in [0, 0.1) is 30.3 Å². The van der Waals surface area contributed by atoms with Gasteiger partial charge in [0.2, 0.25) is 0 Å². The summed E-state index contributed by atoms with van der Waals surface area (Å²) in [7, 11) is 0. The van der Waals surface area contributed by atoms with E-state index in [-0.39, 0.29) is 30.0 Å². The Morgan fingerprint density at radius 2 is 1.69 bits per heavy atom. The normalized spacial score (nSPS) is 10.3. The van der Waals surface area contributed by atoms with Crippen LogP contribution in [0.1, 0.15) is 22.8 Å². The summed E-state index contributed by atoms with van der Waals surface area (Å²) in [6.45, 7) is 1.29. The molecule has 0 aliphatic rings. The molecule has 26 heavy (non-hydrogen) atoms. The van der Waals surface area contributed by atoms with Gasteiger partial charge in [-0.15, -0.1) is 0 Å². The summed E-state index contributed by atoms with van der Waals surface area (Å²) in [6.07, 6.45) is 0.953. The van der Waals surface area contributed by atoms with Crippen molar-refractivity contribution < 1.29 is 24.3 Å². The van der Waals surface area contributed by atoms with Gasteiger partial charge in [0.05, 0.1) is 22.0 Å². The maximum absolute atomic E-state index is 12.1. The van der Waals surface area contributed by atoms with Gasteiger partial charge in [0.25, 0.3) is 5.69 Å². The largest absolute Gasteiger partial charge is 0.462 e. The van der Waals surface area contributed by atoms with Crippen molar-refractivity contribution in [3.05, 3.63) is 71.9 Å². The van der Waals surface area contributed by atoms with E-state index < -0.39 is 32.2 Å². The van der Waals surface area contributed by atoms with Gasteiger partial charge in [-0.05, 0) is 17.9 Å². The lowest BCUT2D eigenvalue weighted by molar-refractivity contribution is -0.394. The van der Waals surface area contributed by atoms with Gasteiger partial charge >= 0.3 is 17.5 Å². The lowest BCUT2D eigenvalue weighted by Gasteiger charge is -2.08. The van der Waals surface area contributed by atoms with Gasteiger partial charge in [-0.3, -0.25) is 20.2 Å². The number of nitro groups is 3. The molecular weight excluding hydrogens is 352 g/mol. The molecule has 0 unspecified atom stereocenters. The lowest BCUT2D eigenvalue weighted by atomic mass is 10.1. The summed E-state index contributed by atoms with van der Waals surface area (Å²) in [5.41, 5.74) is -0.810. The zero-order valence-corrected chi connectivity index (χ0v) is 13.4. The van der Waals surface area contributed by atoms with Crippen molar-refractivity contribution in [1.82, 2.24) is 4.57 Å². The molecule has 0 bridgehead atoms. The molecule has 0 saturated carbocycles. The first-order valence-corrected chi connectivity index (χ1v) is 7.18. The molecule has 12 heteroatoms. The van der Waals surface area contributed by atoms with Crippen molar-refractivity contribution in [3.8, 4) is 0 Å². The fourth-order valence-corrected chi connectivity index (χ4v) is 2.26. The number of carbonyl (C=O) groups is 1. The van der Waals surface area contributed by atoms with E-state index in [1.165, 1.54) is 6.07 Å². The number of hydrogen-bond acceptors (Lipinski definition) is 8. The van der Waals surface area contributed by atoms with Crippen molar-refractivity contribution in [2.24, 2.45) is 0 Å². The van der Waals surface area contributed by atoms with Crippen molar-refractivity contribution in [3.63, 3.8) is 0 Å². The second kappa shape index (κ2) is 7.38. The summed E-state index contributed by atoms with van der Waals surface area (Å²) >= 11 is 0. The van der Waals surface area contributed by atoms with Crippen molar-refractivity contribution >= 4 is 23.2 Å². The summed E-state index contributed by atoms with van der Waals surface area (Å²) < 4.78 is 5.82. The monoisotopic (exact) mass is 364 g/mol. The number of benzene rings is 1. The molecule has 1 aromatic carbocycles. The molecule has 0 spiro atoms. The molecule has 0 N–H and O–H groups in total. The number of rotatable bonds is 7. The zero-order valence-electron chi connectivity index (χ0n) is 13.4. The number of ether oxygens (including phenoxy) is 1. The van der Waals surface area contributed by atoms with E-state index in [1.54, 1.807) is 6.92 Å². The molecule has 1 aromatic heterocycles. The standard InChI is InChI=1S/C14H12N4O8/c1-2-26-14(19)12-5-10(16(20)21)4-3-9(12)7-15-8-11(17(22)23)6-13(15)18(24)25/h3-6,8H,2,7H2,1H3.